The third kappa shape index (κ3) is 7.50. The summed E-state index contributed by atoms with van der Waals surface area (Å²) in [6, 6.07) is 0. The van der Waals surface area contributed by atoms with E-state index in [1.54, 1.807) is 11.3 Å². The number of aryl methyl sites for hydroxylation is 1. The van der Waals surface area contributed by atoms with E-state index in [4.69, 9.17) is 0 Å². The lowest BCUT2D eigenvalue weighted by atomic mass is 10.1. The van der Waals surface area contributed by atoms with Gasteiger partial charge in [0.25, 0.3) is 0 Å². The normalized spacial score (nSPS) is 10.9. The Morgan fingerprint density at radius 1 is 1.12 bits per heavy atom. The second-order valence-corrected chi connectivity index (χ2v) is 5.69. The number of thiazole rings is 1. The van der Waals surface area contributed by atoms with Crippen LogP contribution in [0.15, 0.2) is 5.38 Å². The predicted octanol–water partition coefficient (Wildman–Crippen LogP) is 3.94. The smallest absolute Gasteiger partial charge is 0.0897 e. The third-order valence-electron chi connectivity index (χ3n) is 2.93. The average Bonchev–Trinajstić information content (AvgIpc) is 2.73. The van der Waals surface area contributed by atoms with Gasteiger partial charge in [-0.25, -0.2) is 4.98 Å². The van der Waals surface area contributed by atoms with Crippen molar-refractivity contribution in [2.45, 2.75) is 58.8 Å². The van der Waals surface area contributed by atoms with Crippen molar-refractivity contribution in [2.24, 2.45) is 0 Å². The van der Waals surface area contributed by atoms with Gasteiger partial charge in [0.15, 0.2) is 0 Å². The molecule has 0 bridgehead atoms. The molecule has 0 spiro atoms. The maximum Gasteiger partial charge on any atom is 0.0897 e. The van der Waals surface area contributed by atoms with Gasteiger partial charge in [-0.1, -0.05) is 39.0 Å². The lowest BCUT2D eigenvalue weighted by molar-refractivity contribution is 0.572. The Morgan fingerprint density at radius 2 is 1.88 bits per heavy atom. The highest BCUT2D eigenvalue weighted by Crippen LogP contribution is 2.08. The van der Waals surface area contributed by atoms with Crippen molar-refractivity contribution in [3.05, 3.63) is 16.1 Å². The molecule has 1 heterocycles. The minimum atomic E-state index is 1.07. The Bertz CT molecular complexity index is 284. The fourth-order valence-corrected chi connectivity index (χ4v) is 2.54. The van der Waals surface area contributed by atoms with E-state index in [-0.39, 0.29) is 0 Å². The Labute approximate surface area is 110 Å². The van der Waals surface area contributed by atoms with E-state index in [1.165, 1.54) is 49.2 Å². The van der Waals surface area contributed by atoms with E-state index in [2.05, 4.69) is 29.5 Å². The van der Waals surface area contributed by atoms with Gasteiger partial charge in [-0.15, -0.1) is 11.3 Å². The van der Waals surface area contributed by atoms with Crippen LogP contribution in [-0.4, -0.2) is 18.1 Å². The van der Waals surface area contributed by atoms with Crippen LogP contribution in [-0.2, 0) is 6.42 Å². The number of nitrogens with zero attached hydrogens (tertiary/aromatic N) is 1. The van der Waals surface area contributed by atoms with E-state index in [0.29, 0.717) is 0 Å². The Kier molecular flexibility index (Phi) is 8.28. The molecule has 3 heteroatoms. The molecule has 0 amide bonds. The van der Waals surface area contributed by atoms with Crippen molar-refractivity contribution >= 4 is 11.3 Å². The SMILES string of the molecule is CCCCCCCCNCCc1csc(C)n1. The van der Waals surface area contributed by atoms with Gasteiger partial charge in [0.2, 0.25) is 0 Å². The monoisotopic (exact) mass is 254 g/mol. The second kappa shape index (κ2) is 9.60. The standard InChI is InChI=1S/C14H26N2S/c1-3-4-5-6-7-8-10-15-11-9-14-12-17-13(2)16-14/h12,15H,3-11H2,1-2H3. The van der Waals surface area contributed by atoms with E-state index >= 15 is 0 Å². The Morgan fingerprint density at radius 3 is 2.59 bits per heavy atom. The Hall–Kier alpha value is -0.410. The summed E-state index contributed by atoms with van der Waals surface area (Å²) < 4.78 is 0. The molecular weight excluding hydrogens is 228 g/mol. The fraction of sp³-hybridized carbons (Fsp3) is 0.786. The van der Waals surface area contributed by atoms with Gasteiger partial charge in [-0.05, 0) is 19.9 Å². The summed E-state index contributed by atoms with van der Waals surface area (Å²) in [6.45, 7) is 6.56. The molecular formula is C14H26N2S. The summed E-state index contributed by atoms with van der Waals surface area (Å²) in [4.78, 5) is 4.46. The van der Waals surface area contributed by atoms with Gasteiger partial charge in [-0.2, -0.15) is 0 Å². The highest BCUT2D eigenvalue weighted by atomic mass is 32.1. The molecule has 0 unspecified atom stereocenters. The quantitative estimate of drug-likeness (QED) is 0.640. The minimum Gasteiger partial charge on any atom is -0.316 e. The first-order valence-electron chi connectivity index (χ1n) is 6.94. The molecule has 17 heavy (non-hydrogen) atoms. The zero-order chi connectivity index (χ0) is 12.3. The van der Waals surface area contributed by atoms with Crippen LogP contribution in [0.2, 0.25) is 0 Å². The second-order valence-electron chi connectivity index (χ2n) is 4.63. The maximum absolute atomic E-state index is 4.46. The summed E-state index contributed by atoms with van der Waals surface area (Å²) in [5.74, 6) is 0. The molecule has 0 saturated heterocycles. The fourth-order valence-electron chi connectivity index (χ4n) is 1.89. The first-order chi connectivity index (χ1) is 8.33. The average molecular weight is 254 g/mol. The Balaban J connectivity index is 1.84. The highest BCUT2D eigenvalue weighted by Gasteiger charge is 1.97. The number of hydrogen-bond donors (Lipinski definition) is 1. The maximum atomic E-state index is 4.46. The number of nitrogens with one attached hydrogen (secondary N) is 1. The van der Waals surface area contributed by atoms with Crippen molar-refractivity contribution in [2.75, 3.05) is 13.1 Å². The van der Waals surface area contributed by atoms with Gasteiger partial charge in [0.05, 0.1) is 10.7 Å². The molecule has 1 rings (SSSR count). The molecule has 2 nitrogen and oxygen atoms in total. The summed E-state index contributed by atoms with van der Waals surface area (Å²) in [5, 5.41) is 6.84. The molecule has 98 valence electrons. The van der Waals surface area contributed by atoms with Crippen molar-refractivity contribution in [3.63, 3.8) is 0 Å². The van der Waals surface area contributed by atoms with Crippen LogP contribution < -0.4 is 5.32 Å². The zero-order valence-corrected chi connectivity index (χ0v) is 12.1. The summed E-state index contributed by atoms with van der Waals surface area (Å²) in [7, 11) is 0. The van der Waals surface area contributed by atoms with Crippen LogP contribution in [0.25, 0.3) is 0 Å². The van der Waals surface area contributed by atoms with Crippen LogP contribution >= 0.6 is 11.3 Å². The summed E-state index contributed by atoms with van der Waals surface area (Å²) in [5.41, 5.74) is 1.24. The van der Waals surface area contributed by atoms with Crippen LogP contribution in [0.1, 0.15) is 56.2 Å². The van der Waals surface area contributed by atoms with Crippen LogP contribution in [0.5, 0.6) is 0 Å². The van der Waals surface area contributed by atoms with Crippen molar-refractivity contribution in [3.8, 4) is 0 Å². The van der Waals surface area contributed by atoms with E-state index in [9.17, 15) is 0 Å². The molecule has 1 N–H and O–H groups in total. The molecule has 0 aliphatic heterocycles. The molecule has 0 atom stereocenters. The highest BCUT2D eigenvalue weighted by molar-refractivity contribution is 7.09. The predicted molar refractivity (Wildman–Crippen MR) is 76.8 cm³/mol. The van der Waals surface area contributed by atoms with Gasteiger partial charge < -0.3 is 5.32 Å². The lowest BCUT2D eigenvalue weighted by Gasteiger charge is -2.03. The number of rotatable bonds is 10. The van der Waals surface area contributed by atoms with Crippen LogP contribution in [0.3, 0.4) is 0 Å². The topological polar surface area (TPSA) is 24.9 Å². The third-order valence-corrected chi connectivity index (χ3v) is 3.75. The molecule has 0 saturated carbocycles. The van der Waals surface area contributed by atoms with Gasteiger partial charge in [0.1, 0.15) is 0 Å². The lowest BCUT2D eigenvalue weighted by Crippen LogP contribution is -2.18. The van der Waals surface area contributed by atoms with Crippen molar-refractivity contribution in [1.82, 2.24) is 10.3 Å². The molecule has 0 aromatic carbocycles. The molecule has 0 aliphatic rings. The minimum absolute atomic E-state index is 1.07. The number of aromatic nitrogens is 1. The van der Waals surface area contributed by atoms with Crippen molar-refractivity contribution in [1.29, 1.82) is 0 Å². The first kappa shape index (κ1) is 14.7. The molecule has 0 fully saturated rings. The summed E-state index contributed by atoms with van der Waals surface area (Å²) in [6.07, 6.45) is 9.32. The zero-order valence-electron chi connectivity index (χ0n) is 11.3. The van der Waals surface area contributed by atoms with E-state index < -0.39 is 0 Å². The first-order valence-corrected chi connectivity index (χ1v) is 7.82. The molecule has 0 radical (unpaired) electrons. The van der Waals surface area contributed by atoms with Crippen LogP contribution in [0, 0.1) is 6.92 Å². The summed E-state index contributed by atoms with van der Waals surface area (Å²) >= 11 is 1.75. The number of hydrogen-bond acceptors (Lipinski definition) is 3. The van der Waals surface area contributed by atoms with Gasteiger partial charge >= 0.3 is 0 Å². The molecule has 1 aromatic rings. The number of unbranched alkanes of at least 4 members (excludes halogenated alkanes) is 5. The largest absolute Gasteiger partial charge is 0.316 e. The van der Waals surface area contributed by atoms with Gasteiger partial charge in [0, 0.05) is 18.3 Å². The molecule has 1 aromatic heterocycles. The van der Waals surface area contributed by atoms with E-state index in [1.807, 2.05) is 0 Å². The van der Waals surface area contributed by atoms with E-state index in [0.717, 1.165) is 19.5 Å². The van der Waals surface area contributed by atoms with Gasteiger partial charge in [-0.3, -0.25) is 0 Å². The van der Waals surface area contributed by atoms with Crippen molar-refractivity contribution < 1.29 is 0 Å². The molecule has 0 aliphatic carbocycles. The van der Waals surface area contributed by atoms with Crippen LogP contribution in [0.4, 0.5) is 0 Å².